The van der Waals surface area contributed by atoms with E-state index in [9.17, 15) is 43.5 Å². The average Bonchev–Trinajstić information content (AvgIpc) is 3.19. The molecule has 0 aliphatic carbocycles. The van der Waals surface area contributed by atoms with Crippen LogP contribution in [-0.4, -0.2) is 102 Å². The second-order valence-electron chi connectivity index (χ2n) is 18.2. The maximum absolute atomic E-state index is 13.9. The van der Waals surface area contributed by atoms with Gasteiger partial charge < -0.3 is 42.6 Å². The third-order valence-corrected chi connectivity index (χ3v) is 11.1. The zero-order valence-electron chi connectivity index (χ0n) is 38.1. The summed E-state index contributed by atoms with van der Waals surface area (Å²) in [5, 5.41) is 21.2. The number of esters is 1. The van der Waals surface area contributed by atoms with Gasteiger partial charge in [0.25, 0.3) is 0 Å². The number of unbranched alkanes of at least 4 members (excludes halogenated alkanes) is 1. The van der Waals surface area contributed by atoms with Crippen LogP contribution in [-0.2, 0) is 49.5 Å². The van der Waals surface area contributed by atoms with E-state index in [-0.39, 0.29) is 56.3 Å². The Balaban J connectivity index is 2.34. The summed E-state index contributed by atoms with van der Waals surface area (Å²) in [7, 11) is 0. The zero-order chi connectivity index (χ0) is 46.7. The Labute approximate surface area is 367 Å². The molecule has 1 heterocycles. The number of hydrogen-bond donors (Lipinski definition) is 7. The summed E-state index contributed by atoms with van der Waals surface area (Å²) >= 11 is 0. The molecule has 1 aliphatic heterocycles. The predicted octanol–water partition coefficient (Wildman–Crippen LogP) is 2.45. The lowest BCUT2D eigenvalue weighted by Crippen LogP contribution is -2.51. The summed E-state index contributed by atoms with van der Waals surface area (Å²) in [6, 6.07) is 3.70. The van der Waals surface area contributed by atoms with Gasteiger partial charge in [0, 0.05) is 31.1 Å². The van der Waals surface area contributed by atoms with Crippen molar-refractivity contribution in [1.29, 1.82) is 0 Å². The maximum atomic E-state index is 13.9. The van der Waals surface area contributed by atoms with Crippen LogP contribution in [0.15, 0.2) is 30.3 Å². The van der Waals surface area contributed by atoms with E-state index < -0.39 is 114 Å². The number of hydrogen-bond acceptors (Lipinski definition) is 12. The van der Waals surface area contributed by atoms with Crippen molar-refractivity contribution in [2.45, 2.75) is 156 Å². The number of aliphatic hydroxyl groups excluding tert-OH is 1. The highest BCUT2D eigenvalue weighted by molar-refractivity contribution is 5.98. The van der Waals surface area contributed by atoms with E-state index in [4.69, 9.17) is 16.2 Å². The number of ether oxygens (including phenoxy) is 1. The van der Waals surface area contributed by atoms with E-state index in [0.717, 1.165) is 5.56 Å². The van der Waals surface area contributed by atoms with Gasteiger partial charge in [-0.25, -0.2) is 4.79 Å². The van der Waals surface area contributed by atoms with Gasteiger partial charge in [-0.15, -0.1) is 0 Å². The SMILES string of the molecule is CC(C)C[C@@H]1CC(=O)[C@H](C)NC(=O)C(CC(=O)[C@H](CO)NC(=O)[C@@H](CCCCN)CC(=O)[C@@H](CC(C)C)NC(=O)[C@@H](N)Cc2ccccc2)[C@H](C)OC(=O)[C@H](CC(C)C)NC1=O. The topological polar surface area (TPSA) is 266 Å². The quantitative estimate of drug-likeness (QED) is 0.0618. The molecule has 2 rings (SSSR count). The number of amides is 4. The molecule has 1 aromatic rings. The third-order valence-electron chi connectivity index (χ3n) is 11.1. The number of Topliss-reactive ketones (excluding diaryl/α,β-unsaturated/α-hetero) is 3. The molecule has 16 heteroatoms. The summed E-state index contributed by atoms with van der Waals surface area (Å²) in [5.74, 6) is -7.91. The first-order valence-corrected chi connectivity index (χ1v) is 22.3. The van der Waals surface area contributed by atoms with Gasteiger partial charge in [0.05, 0.1) is 30.7 Å². The molecular formula is C46H74N6O10. The molecule has 1 aliphatic rings. The number of benzene rings is 1. The first-order chi connectivity index (χ1) is 29.2. The highest BCUT2D eigenvalue weighted by atomic mass is 16.5. The number of carbonyl (C=O) groups excluding carboxylic acids is 8. The van der Waals surface area contributed by atoms with Crippen molar-refractivity contribution in [3.05, 3.63) is 35.9 Å². The van der Waals surface area contributed by atoms with Gasteiger partial charge in [0.15, 0.2) is 17.3 Å². The Hall–Kier alpha value is -4.54. The van der Waals surface area contributed by atoms with Crippen molar-refractivity contribution in [3.63, 3.8) is 0 Å². The zero-order valence-corrected chi connectivity index (χ0v) is 38.1. The van der Waals surface area contributed by atoms with E-state index >= 15 is 0 Å². The first-order valence-electron chi connectivity index (χ1n) is 22.3. The Bertz CT molecular complexity index is 1650. The number of aliphatic hydroxyl groups is 1. The fraction of sp³-hybridized carbons (Fsp3) is 0.696. The lowest BCUT2D eigenvalue weighted by atomic mass is 9.88. The minimum absolute atomic E-state index is 0.00246. The molecule has 1 aromatic carbocycles. The van der Waals surface area contributed by atoms with E-state index in [0.29, 0.717) is 25.8 Å². The summed E-state index contributed by atoms with van der Waals surface area (Å²) in [6.45, 7) is 13.7. The molecule has 0 bridgehead atoms. The summed E-state index contributed by atoms with van der Waals surface area (Å²) in [4.78, 5) is 109. The number of cyclic esters (lactones) is 1. The van der Waals surface area contributed by atoms with E-state index in [1.165, 1.54) is 13.8 Å². The lowest BCUT2D eigenvalue weighted by Gasteiger charge is -2.28. The van der Waals surface area contributed by atoms with Crippen molar-refractivity contribution in [2.75, 3.05) is 13.2 Å². The maximum Gasteiger partial charge on any atom is 0.328 e. The minimum Gasteiger partial charge on any atom is -0.460 e. The van der Waals surface area contributed by atoms with Gasteiger partial charge >= 0.3 is 5.97 Å². The van der Waals surface area contributed by atoms with Gasteiger partial charge in [-0.2, -0.15) is 0 Å². The highest BCUT2D eigenvalue weighted by Crippen LogP contribution is 2.23. The van der Waals surface area contributed by atoms with Gasteiger partial charge in [-0.3, -0.25) is 33.6 Å². The Morgan fingerprint density at radius 1 is 0.823 bits per heavy atom. The monoisotopic (exact) mass is 871 g/mol. The molecule has 4 amide bonds. The van der Waals surface area contributed by atoms with Crippen molar-refractivity contribution in [1.82, 2.24) is 21.3 Å². The Morgan fingerprint density at radius 3 is 2.03 bits per heavy atom. The van der Waals surface area contributed by atoms with Crippen LogP contribution >= 0.6 is 0 Å². The summed E-state index contributed by atoms with van der Waals surface area (Å²) in [6.07, 6.45) is 0.0481. The van der Waals surface area contributed by atoms with Gasteiger partial charge in [0.2, 0.25) is 23.6 Å². The van der Waals surface area contributed by atoms with Crippen LogP contribution in [0.2, 0.25) is 0 Å². The minimum atomic E-state index is -1.51. The number of rotatable bonds is 23. The molecule has 1 unspecified atom stereocenters. The van der Waals surface area contributed by atoms with E-state index in [1.54, 1.807) is 0 Å². The van der Waals surface area contributed by atoms with Crippen LogP contribution in [0.4, 0.5) is 0 Å². The molecule has 348 valence electrons. The molecule has 16 nitrogen and oxygen atoms in total. The van der Waals surface area contributed by atoms with Crippen LogP contribution in [0.3, 0.4) is 0 Å². The largest absolute Gasteiger partial charge is 0.460 e. The van der Waals surface area contributed by atoms with Crippen LogP contribution in [0.5, 0.6) is 0 Å². The van der Waals surface area contributed by atoms with Crippen LogP contribution in [0.1, 0.15) is 119 Å². The molecule has 1 saturated heterocycles. The molecule has 9 atom stereocenters. The van der Waals surface area contributed by atoms with Crippen LogP contribution < -0.4 is 32.7 Å². The standard InChI is InChI=1S/C46H74N6O10/c1-26(2)18-33-23-39(54)29(7)49-44(59)34(30(8)62-46(61)37(20-28(5)6)51-43(33)58)24-41(56)38(25-53)52-42(57)32(16-12-13-17-47)22-40(55)36(19-27(3)4)50-45(60)35(48)21-31-14-10-9-11-15-31/h9-11,14-15,26-30,32-38,53H,12-13,16-25,47-48H2,1-8H3,(H,49,59)(H,50,60)(H,51,58)(H,52,57)/t29-,30-,32-,33+,34?,35-,36+,37-,38-/m0/s1. The van der Waals surface area contributed by atoms with Gasteiger partial charge in [0.1, 0.15) is 18.2 Å². The van der Waals surface area contributed by atoms with Gasteiger partial charge in [-0.05, 0) is 82.2 Å². The normalized spacial score (nSPS) is 22.3. The molecule has 0 aromatic heterocycles. The van der Waals surface area contributed by atoms with E-state index in [2.05, 4.69) is 21.3 Å². The molecule has 9 N–H and O–H groups in total. The number of nitrogens with two attached hydrogens (primary N) is 2. The van der Waals surface area contributed by atoms with Gasteiger partial charge in [-0.1, -0.05) is 78.3 Å². The smallest absolute Gasteiger partial charge is 0.328 e. The summed E-state index contributed by atoms with van der Waals surface area (Å²) < 4.78 is 5.75. The third kappa shape index (κ3) is 18.4. The summed E-state index contributed by atoms with van der Waals surface area (Å²) in [5.41, 5.74) is 12.8. The first kappa shape index (κ1) is 53.6. The average molecular weight is 871 g/mol. The predicted molar refractivity (Wildman–Crippen MR) is 235 cm³/mol. The van der Waals surface area contributed by atoms with Crippen molar-refractivity contribution in [3.8, 4) is 0 Å². The molecule has 1 fully saturated rings. The fourth-order valence-corrected chi connectivity index (χ4v) is 7.57. The molecular weight excluding hydrogens is 797 g/mol. The van der Waals surface area contributed by atoms with Crippen LogP contribution in [0, 0.1) is 35.5 Å². The lowest BCUT2D eigenvalue weighted by molar-refractivity contribution is -0.158. The van der Waals surface area contributed by atoms with Crippen molar-refractivity contribution in [2.24, 2.45) is 47.0 Å². The second-order valence-corrected chi connectivity index (χ2v) is 18.2. The second kappa shape index (κ2) is 26.8. The Kier molecular flexibility index (Phi) is 23.2. The number of ketones is 3. The molecule has 0 saturated carbocycles. The van der Waals surface area contributed by atoms with Crippen LogP contribution in [0.25, 0.3) is 0 Å². The van der Waals surface area contributed by atoms with E-state index in [1.807, 2.05) is 71.9 Å². The van der Waals surface area contributed by atoms with Crippen molar-refractivity contribution < 1.29 is 48.2 Å². The molecule has 0 spiro atoms. The molecule has 0 radical (unpaired) electrons. The number of nitrogens with one attached hydrogen (secondary N) is 4. The fourth-order valence-electron chi connectivity index (χ4n) is 7.57. The highest BCUT2D eigenvalue weighted by Gasteiger charge is 2.39. The molecule has 62 heavy (non-hydrogen) atoms. The Morgan fingerprint density at radius 2 is 1.45 bits per heavy atom. The number of carbonyl (C=O) groups is 8. The van der Waals surface area contributed by atoms with Crippen molar-refractivity contribution >= 4 is 46.9 Å².